The first kappa shape index (κ1) is 17.0. The number of rotatable bonds is 13. The normalized spacial score (nSPS) is 12.9. The first-order valence-electron chi connectivity index (χ1n) is 7.78. The fourth-order valence-corrected chi connectivity index (χ4v) is 2.21. The molecule has 0 aromatic heterocycles. The van der Waals surface area contributed by atoms with E-state index in [9.17, 15) is 5.11 Å². The summed E-state index contributed by atoms with van der Waals surface area (Å²) in [5.74, 6) is 0. The van der Waals surface area contributed by atoms with Crippen LogP contribution in [0.25, 0.3) is 0 Å². The topological polar surface area (TPSA) is 20.2 Å². The van der Waals surface area contributed by atoms with Crippen molar-refractivity contribution in [1.29, 1.82) is 0 Å². The van der Waals surface area contributed by atoms with Gasteiger partial charge in [-0.1, -0.05) is 84.5 Å². The molecule has 1 radical (unpaired) electrons. The number of aliphatic hydroxyl groups is 1. The highest BCUT2D eigenvalue weighted by Crippen LogP contribution is 2.13. The van der Waals surface area contributed by atoms with E-state index in [0.29, 0.717) is 0 Å². The van der Waals surface area contributed by atoms with E-state index in [0.717, 1.165) is 19.3 Å². The summed E-state index contributed by atoms with van der Waals surface area (Å²) in [7, 11) is 0. The lowest BCUT2D eigenvalue weighted by Crippen LogP contribution is -2.05. The lowest BCUT2D eigenvalue weighted by molar-refractivity contribution is 0.147. The molecule has 1 unspecified atom stereocenters. The molecular formula is C16H33O. The standard InChI is InChI=1S/C16H33O/c1-3-5-7-8-9-10-11-13-15-16(17)14-12-6-4-2/h16-17H,1,3-15H2,2H3. The van der Waals surface area contributed by atoms with Crippen LogP contribution >= 0.6 is 0 Å². The summed E-state index contributed by atoms with van der Waals surface area (Å²) in [4.78, 5) is 0. The maximum atomic E-state index is 9.74. The fraction of sp³-hybridized carbons (Fsp3) is 0.938. The zero-order chi connectivity index (χ0) is 12.8. The quantitative estimate of drug-likeness (QED) is 0.435. The van der Waals surface area contributed by atoms with E-state index in [1.165, 1.54) is 64.2 Å². The molecule has 0 saturated heterocycles. The Morgan fingerprint density at radius 1 is 0.765 bits per heavy atom. The molecule has 17 heavy (non-hydrogen) atoms. The van der Waals surface area contributed by atoms with Gasteiger partial charge in [-0.2, -0.15) is 0 Å². The fourth-order valence-electron chi connectivity index (χ4n) is 2.21. The van der Waals surface area contributed by atoms with Crippen molar-refractivity contribution in [3.05, 3.63) is 6.92 Å². The van der Waals surface area contributed by atoms with Crippen molar-refractivity contribution < 1.29 is 5.11 Å². The van der Waals surface area contributed by atoms with Gasteiger partial charge in [0.05, 0.1) is 6.10 Å². The van der Waals surface area contributed by atoms with Gasteiger partial charge in [-0.3, -0.25) is 0 Å². The molecule has 0 aromatic rings. The van der Waals surface area contributed by atoms with Crippen LogP contribution in [0.3, 0.4) is 0 Å². The second-order valence-corrected chi connectivity index (χ2v) is 5.27. The number of hydrogen-bond donors (Lipinski definition) is 1. The van der Waals surface area contributed by atoms with Crippen molar-refractivity contribution >= 4 is 0 Å². The lowest BCUT2D eigenvalue weighted by atomic mass is 10.0. The van der Waals surface area contributed by atoms with Crippen LogP contribution < -0.4 is 0 Å². The Labute approximate surface area is 109 Å². The molecule has 0 amide bonds. The number of aliphatic hydroxyl groups excluding tert-OH is 1. The molecule has 0 rings (SSSR count). The summed E-state index contributed by atoms with van der Waals surface area (Å²) < 4.78 is 0. The molecule has 1 atom stereocenters. The van der Waals surface area contributed by atoms with Crippen molar-refractivity contribution in [2.24, 2.45) is 0 Å². The average Bonchev–Trinajstić information content (AvgIpc) is 2.33. The summed E-state index contributed by atoms with van der Waals surface area (Å²) in [6.07, 6.45) is 16.0. The molecule has 103 valence electrons. The van der Waals surface area contributed by atoms with E-state index < -0.39 is 0 Å². The Balaban J connectivity index is 3.05. The van der Waals surface area contributed by atoms with Gasteiger partial charge in [0.2, 0.25) is 0 Å². The minimum absolute atomic E-state index is 0.0345. The van der Waals surface area contributed by atoms with Gasteiger partial charge in [0, 0.05) is 0 Å². The SMILES string of the molecule is [CH2]CCCCCCCCCC(O)CCCCC. The van der Waals surface area contributed by atoms with E-state index in [2.05, 4.69) is 13.8 Å². The molecule has 1 N–H and O–H groups in total. The van der Waals surface area contributed by atoms with Crippen LogP contribution in [-0.4, -0.2) is 11.2 Å². The van der Waals surface area contributed by atoms with E-state index in [1.54, 1.807) is 0 Å². The molecule has 0 fully saturated rings. The van der Waals surface area contributed by atoms with E-state index in [4.69, 9.17) is 0 Å². The van der Waals surface area contributed by atoms with Gasteiger partial charge in [-0.05, 0) is 12.8 Å². The van der Waals surface area contributed by atoms with Crippen LogP contribution in [0.5, 0.6) is 0 Å². The van der Waals surface area contributed by atoms with Gasteiger partial charge in [0.15, 0.2) is 0 Å². The molecule has 1 heteroatoms. The Morgan fingerprint density at radius 3 is 1.76 bits per heavy atom. The van der Waals surface area contributed by atoms with Gasteiger partial charge < -0.3 is 5.11 Å². The van der Waals surface area contributed by atoms with Crippen LogP contribution in [0.4, 0.5) is 0 Å². The summed E-state index contributed by atoms with van der Waals surface area (Å²) in [6.45, 7) is 6.06. The molecular weight excluding hydrogens is 208 g/mol. The zero-order valence-corrected chi connectivity index (χ0v) is 11.9. The van der Waals surface area contributed by atoms with E-state index in [-0.39, 0.29) is 6.10 Å². The molecule has 0 aliphatic heterocycles. The highest BCUT2D eigenvalue weighted by molar-refractivity contribution is 4.57. The molecule has 0 aliphatic rings. The third kappa shape index (κ3) is 13.9. The summed E-state index contributed by atoms with van der Waals surface area (Å²) in [5, 5.41) is 9.74. The predicted molar refractivity (Wildman–Crippen MR) is 77.1 cm³/mol. The van der Waals surface area contributed by atoms with Crippen LogP contribution in [-0.2, 0) is 0 Å². The first-order valence-corrected chi connectivity index (χ1v) is 7.78. The molecule has 0 spiro atoms. The smallest absolute Gasteiger partial charge is 0.0540 e. The maximum absolute atomic E-state index is 9.74. The average molecular weight is 241 g/mol. The van der Waals surface area contributed by atoms with Crippen LogP contribution in [0, 0.1) is 6.92 Å². The maximum Gasteiger partial charge on any atom is 0.0540 e. The van der Waals surface area contributed by atoms with Gasteiger partial charge in [0.1, 0.15) is 0 Å². The molecule has 0 bridgehead atoms. The molecule has 0 heterocycles. The molecule has 1 nitrogen and oxygen atoms in total. The van der Waals surface area contributed by atoms with Gasteiger partial charge in [-0.25, -0.2) is 0 Å². The number of unbranched alkanes of at least 4 members (excludes halogenated alkanes) is 9. The van der Waals surface area contributed by atoms with Crippen molar-refractivity contribution in [1.82, 2.24) is 0 Å². The molecule has 0 saturated carbocycles. The highest BCUT2D eigenvalue weighted by atomic mass is 16.3. The Kier molecular flexibility index (Phi) is 14.0. The Morgan fingerprint density at radius 2 is 1.24 bits per heavy atom. The lowest BCUT2D eigenvalue weighted by Gasteiger charge is -2.09. The minimum atomic E-state index is -0.0345. The van der Waals surface area contributed by atoms with Crippen LogP contribution in [0.1, 0.15) is 90.4 Å². The van der Waals surface area contributed by atoms with Gasteiger partial charge in [-0.15, -0.1) is 0 Å². The Bertz CT molecular complexity index is 133. The summed E-state index contributed by atoms with van der Waals surface area (Å²) in [6, 6.07) is 0. The second kappa shape index (κ2) is 14.0. The minimum Gasteiger partial charge on any atom is -0.393 e. The summed E-state index contributed by atoms with van der Waals surface area (Å²) >= 11 is 0. The van der Waals surface area contributed by atoms with Crippen molar-refractivity contribution in [3.63, 3.8) is 0 Å². The first-order chi connectivity index (χ1) is 8.31. The van der Waals surface area contributed by atoms with E-state index in [1.807, 2.05) is 0 Å². The third-order valence-corrected chi connectivity index (χ3v) is 3.43. The van der Waals surface area contributed by atoms with Crippen LogP contribution in [0.2, 0.25) is 0 Å². The van der Waals surface area contributed by atoms with Crippen molar-refractivity contribution in [2.45, 2.75) is 96.5 Å². The predicted octanol–water partition coefficient (Wildman–Crippen LogP) is 5.27. The van der Waals surface area contributed by atoms with Crippen molar-refractivity contribution in [2.75, 3.05) is 0 Å². The summed E-state index contributed by atoms with van der Waals surface area (Å²) in [5.41, 5.74) is 0. The zero-order valence-electron chi connectivity index (χ0n) is 11.9. The molecule has 0 aromatic carbocycles. The second-order valence-electron chi connectivity index (χ2n) is 5.27. The van der Waals surface area contributed by atoms with Gasteiger partial charge in [0.25, 0.3) is 0 Å². The number of hydrogen-bond acceptors (Lipinski definition) is 1. The largest absolute Gasteiger partial charge is 0.393 e. The molecule has 0 aliphatic carbocycles. The highest BCUT2D eigenvalue weighted by Gasteiger charge is 2.02. The van der Waals surface area contributed by atoms with E-state index >= 15 is 0 Å². The third-order valence-electron chi connectivity index (χ3n) is 3.43. The Hall–Kier alpha value is -0.0400. The monoisotopic (exact) mass is 241 g/mol. The van der Waals surface area contributed by atoms with Crippen molar-refractivity contribution in [3.8, 4) is 0 Å². The van der Waals surface area contributed by atoms with Crippen LogP contribution in [0.15, 0.2) is 0 Å². The van der Waals surface area contributed by atoms with Gasteiger partial charge >= 0.3 is 0 Å².